The van der Waals surface area contributed by atoms with E-state index in [2.05, 4.69) is 16.9 Å². The van der Waals surface area contributed by atoms with Crippen molar-refractivity contribution in [2.75, 3.05) is 19.3 Å². The van der Waals surface area contributed by atoms with Gasteiger partial charge in [0.05, 0.1) is 12.0 Å². The number of hydrogen-bond donors (Lipinski definition) is 1. The van der Waals surface area contributed by atoms with Gasteiger partial charge in [-0.3, -0.25) is 9.79 Å². The molecular formula is C27H36FN3O3S. The highest BCUT2D eigenvalue weighted by atomic mass is 32.2. The minimum atomic E-state index is -3.37. The second-order valence-electron chi connectivity index (χ2n) is 8.59. The number of aryl methyl sites for hydroxylation is 1. The molecular weight excluding hydrogens is 465 g/mol. The summed E-state index contributed by atoms with van der Waals surface area (Å²) < 4.78 is 39.2. The van der Waals surface area contributed by atoms with Crippen molar-refractivity contribution >= 4 is 21.6 Å². The maximum absolute atomic E-state index is 13.1. The molecule has 1 aromatic carbocycles. The lowest BCUT2D eigenvalue weighted by molar-refractivity contribution is -0.116. The molecule has 0 spiro atoms. The third-order valence-corrected chi connectivity index (χ3v) is 7.31. The number of allylic oxidation sites excluding steroid dienone is 5. The zero-order valence-electron chi connectivity index (χ0n) is 20.8. The molecule has 8 heteroatoms. The summed E-state index contributed by atoms with van der Waals surface area (Å²) in [6, 6.07) is 6.18. The van der Waals surface area contributed by atoms with Crippen LogP contribution in [0.1, 0.15) is 38.7 Å². The molecule has 2 atom stereocenters. The number of benzene rings is 1. The van der Waals surface area contributed by atoms with Crippen LogP contribution < -0.4 is 5.32 Å². The molecule has 0 saturated heterocycles. The Bertz CT molecular complexity index is 1090. The third-order valence-electron chi connectivity index (χ3n) is 5.93. The molecule has 1 aliphatic heterocycles. The van der Waals surface area contributed by atoms with Crippen LogP contribution in [-0.2, 0) is 21.2 Å². The first-order chi connectivity index (χ1) is 16.7. The summed E-state index contributed by atoms with van der Waals surface area (Å²) in [5, 5.41) is 2.88. The number of amides is 1. The summed E-state index contributed by atoms with van der Waals surface area (Å²) >= 11 is 0. The van der Waals surface area contributed by atoms with Gasteiger partial charge in [-0.25, -0.2) is 12.8 Å². The molecule has 190 valence electrons. The molecule has 2 rings (SSSR count). The van der Waals surface area contributed by atoms with E-state index in [4.69, 9.17) is 0 Å². The molecule has 6 nitrogen and oxygen atoms in total. The summed E-state index contributed by atoms with van der Waals surface area (Å²) in [6.07, 6.45) is 14.3. The van der Waals surface area contributed by atoms with E-state index in [1.807, 2.05) is 26.0 Å². The van der Waals surface area contributed by atoms with Crippen LogP contribution in [0.15, 0.2) is 78.0 Å². The van der Waals surface area contributed by atoms with E-state index in [0.717, 1.165) is 17.6 Å². The van der Waals surface area contributed by atoms with Crippen molar-refractivity contribution in [3.63, 3.8) is 0 Å². The van der Waals surface area contributed by atoms with Gasteiger partial charge in [0.15, 0.2) is 0 Å². The first-order valence-electron chi connectivity index (χ1n) is 11.9. The number of nitrogens with zero attached hydrogens (tertiary/aromatic N) is 2. The van der Waals surface area contributed by atoms with E-state index in [0.29, 0.717) is 38.1 Å². The van der Waals surface area contributed by atoms with E-state index in [-0.39, 0.29) is 23.7 Å². The van der Waals surface area contributed by atoms with Crippen LogP contribution in [0.5, 0.6) is 0 Å². The first-order valence-corrected chi connectivity index (χ1v) is 13.7. The van der Waals surface area contributed by atoms with Crippen molar-refractivity contribution in [2.45, 2.75) is 45.6 Å². The summed E-state index contributed by atoms with van der Waals surface area (Å²) in [6.45, 7) is 8.40. The minimum absolute atomic E-state index is 0.0633. The summed E-state index contributed by atoms with van der Waals surface area (Å²) in [5.41, 5.74) is 2.41. The van der Waals surface area contributed by atoms with Crippen LogP contribution in [0.3, 0.4) is 0 Å². The summed E-state index contributed by atoms with van der Waals surface area (Å²) in [4.78, 5) is 17.0. The Hall–Kier alpha value is -2.84. The molecule has 1 aromatic rings. The molecule has 0 bridgehead atoms. The number of nitrogens with one attached hydrogen (secondary N) is 1. The van der Waals surface area contributed by atoms with Gasteiger partial charge in [0.2, 0.25) is 15.9 Å². The standard InChI is InChI=1S/C27H36FN3O3S/c1-5-23(11-9-10-22-13-15-24(28)16-14-22)25-17-18-27(32)30-20-21(3)26(12-7-8-19-29-25)31(6-2)35(4,33)34/h5,8,11,13-19,21,26H,1,6-7,9-10,12,20H2,2-4H3,(H,30,32)/b18-17+,19-8-,23-11-,29-25-. The molecule has 1 heterocycles. The normalized spacial score (nSPS) is 23.7. The van der Waals surface area contributed by atoms with Crippen LogP contribution in [-0.4, -0.2) is 49.7 Å². The second kappa shape index (κ2) is 13.9. The fraction of sp³-hybridized carbons (Fsp3) is 0.407. The van der Waals surface area contributed by atoms with E-state index >= 15 is 0 Å². The Morgan fingerprint density at radius 3 is 2.63 bits per heavy atom. The zero-order chi connectivity index (χ0) is 25.8. The molecule has 1 aliphatic rings. The predicted octanol–water partition coefficient (Wildman–Crippen LogP) is 4.58. The molecule has 0 fully saturated rings. The third kappa shape index (κ3) is 9.38. The van der Waals surface area contributed by atoms with Crippen molar-refractivity contribution in [3.8, 4) is 0 Å². The number of carbonyl (C=O) groups excluding carboxylic acids is 1. The van der Waals surface area contributed by atoms with Crippen LogP contribution >= 0.6 is 0 Å². The number of rotatable bonds is 8. The molecule has 0 saturated carbocycles. The van der Waals surface area contributed by atoms with Gasteiger partial charge < -0.3 is 5.32 Å². The van der Waals surface area contributed by atoms with E-state index in [9.17, 15) is 17.6 Å². The number of sulfonamides is 1. The summed E-state index contributed by atoms with van der Waals surface area (Å²) in [5.74, 6) is -0.598. The van der Waals surface area contributed by atoms with Crippen LogP contribution in [0.4, 0.5) is 4.39 Å². The predicted molar refractivity (Wildman–Crippen MR) is 141 cm³/mol. The quantitative estimate of drug-likeness (QED) is 0.530. The van der Waals surface area contributed by atoms with Crippen molar-refractivity contribution < 1.29 is 17.6 Å². The van der Waals surface area contributed by atoms with Crippen molar-refractivity contribution in [2.24, 2.45) is 10.9 Å². The van der Waals surface area contributed by atoms with Gasteiger partial charge in [-0.15, -0.1) is 0 Å². The average molecular weight is 502 g/mol. The number of halogens is 1. The lowest BCUT2D eigenvalue weighted by atomic mass is 9.97. The molecule has 0 radical (unpaired) electrons. The fourth-order valence-electron chi connectivity index (χ4n) is 4.06. The average Bonchev–Trinajstić information content (AvgIpc) is 2.82. The van der Waals surface area contributed by atoms with Crippen molar-refractivity contribution in [3.05, 3.63) is 84.4 Å². The van der Waals surface area contributed by atoms with Gasteiger partial charge in [-0.05, 0) is 60.9 Å². The Morgan fingerprint density at radius 1 is 1.29 bits per heavy atom. The molecule has 0 aliphatic carbocycles. The number of carbonyl (C=O) groups is 1. The van der Waals surface area contributed by atoms with Gasteiger partial charge in [0, 0.05) is 31.4 Å². The van der Waals surface area contributed by atoms with Crippen LogP contribution in [0, 0.1) is 11.7 Å². The molecule has 2 unspecified atom stereocenters. The zero-order valence-corrected chi connectivity index (χ0v) is 21.6. The van der Waals surface area contributed by atoms with Gasteiger partial charge in [-0.1, -0.05) is 50.8 Å². The number of hydrogen-bond acceptors (Lipinski definition) is 4. The number of aliphatic imine (C=N–C) groups is 1. The highest BCUT2D eigenvalue weighted by Gasteiger charge is 2.29. The Labute approximate surface area is 209 Å². The molecule has 1 N–H and O–H groups in total. The minimum Gasteiger partial charge on any atom is -0.352 e. The smallest absolute Gasteiger partial charge is 0.244 e. The highest BCUT2D eigenvalue weighted by molar-refractivity contribution is 7.88. The molecule has 1 amide bonds. The highest BCUT2D eigenvalue weighted by Crippen LogP contribution is 2.20. The lowest BCUT2D eigenvalue weighted by Crippen LogP contribution is -2.46. The van der Waals surface area contributed by atoms with E-state index < -0.39 is 10.0 Å². The SMILES string of the molecule is C=C/C(=C/CCc1ccc(F)cc1)C1=N/C=C\CCC(N(CC)S(C)(=O)=O)C(C)CNC(=O)/C=C/1. The maximum atomic E-state index is 13.1. The van der Waals surface area contributed by atoms with Gasteiger partial charge in [-0.2, -0.15) is 4.31 Å². The summed E-state index contributed by atoms with van der Waals surface area (Å²) in [7, 11) is -3.37. The van der Waals surface area contributed by atoms with Crippen molar-refractivity contribution in [1.82, 2.24) is 9.62 Å². The van der Waals surface area contributed by atoms with E-state index in [1.54, 1.807) is 30.5 Å². The van der Waals surface area contributed by atoms with E-state index in [1.165, 1.54) is 28.8 Å². The van der Waals surface area contributed by atoms with Gasteiger partial charge in [0.1, 0.15) is 5.82 Å². The Morgan fingerprint density at radius 2 is 2.00 bits per heavy atom. The Kier molecular flexibility index (Phi) is 11.3. The van der Waals surface area contributed by atoms with Crippen LogP contribution in [0.2, 0.25) is 0 Å². The first kappa shape index (κ1) is 28.4. The lowest BCUT2D eigenvalue weighted by Gasteiger charge is -2.33. The van der Waals surface area contributed by atoms with Gasteiger partial charge in [0.25, 0.3) is 0 Å². The molecule has 35 heavy (non-hydrogen) atoms. The van der Waals surface area contributed by atoms with Crippen LogP contribution in [0.25, 0.3) is 0 Å². The van der Waals surface area contributed by atoms with Crippen molar-refractivity contribution in [1.29, 1.82) is 0 Å². The second-order valence-corrected chi connectivity index (χ2v) is 10.5. The topological polar surface area (TPSA) is 78.8 Å². The largest absolute Gasteiger partial charge is 0.352 e. The maximum Gasteiger partial charge on any atom is 0.244 e. The molecule has 0 aromatic heterocycles. The Balaban J connectivity index is 2.23. The fourth-order valence-corrected chi connectivity index (χ4v) is 5.34. The monoisotopic (exact) mass is 501 g/mol. The van der Waals surface area contributed by atoms with Gasteiger partial charge >= 0.3 is 0 Å².